The minimum Gasteiger partial charge on any atom is -0.481 e. The van der Waals surface area contributed by atoms with Crippen molar-refractivity contribution in [1.82, 2.24) is 20.2 Å². The number of nitrogens with one attached hydrogen (secondary N) is 1. The molecule has 0 aliphatic carbocycles. The molecule has 0 unspecified atom stereocenters. The molecule has 128 valence electrons. The van der Waals surface area contributed by atoms with Gasteiger partial charge in [0.2, 0.25) is 17.6 Å². The van der Waals surface area contributed by atoms with Crippen LogP contribution in [0, 0.1) is 0 Å². The van der Waals surface area contributed by atoms with Crippen molar-refractivity contribution in [3.05, 3.63) is 11.9 Å². The third-order valence-electron chi connectivity index (χ3n) is 4.35. The lowest BCUT2D eigenvalue weighted by Gasteiger charge is -2.41. The highest BCUT2D eigenvalue weighted by molar-refractivity contribution is 5.91. The second-order valence-electron chi connectivity index (χ2n) is 6.42. The highest BCUT2D eigenvalue weighted by Crippen LogP contribution is 2.24. The first-order valence-corrected chi connectivity index (χ1v) is 7.90. The third kappa shape index (κ3) is 4.31. The summed E-state index contributed by atoms with van der Waals surface area (Å²) in [5, 5.41) is 3.07. The van der Waals surface area contributed by atoms with Crippen LogP contribution >= 0.6 is 0 Å². The molecule has 0 spiro atoms. The molecule has 23 heavy (non-hydrogen) atoms. The highest BCUT2D eigenvalue weighted by Gasteiger charge is 2.33. The van der Waals surface area contributed by atoms with E-state index in [4.69, 9.17) is 9.47 Å². The Hall–Kier alpha value is -1.89. The normalized spacial score (nSPS) is 17.8. The van der Waals surface area contributed by atoms with E-state index < -0.39 is 0 Å². The lowest BCUT2D eigenvalue weighted by atomic mass is 9.89. The predicted octanol–water partition coefficient (Wildman–Crippen LogP) is 1.49. The van der Waals surface area contributed by atoms with Crippen molar-refractivity contribution in [3.63, 3.8) is 0 Å². The summed E-state index contributed by atoms with van der Waals surface area (Å²) in [4.78, 5) is 23.1. The maximum atomic E-state index is 12.5. The van der Waals surface area contributed by atoms with Crippen molar-refractivity contribution in [1.29, 1.82) is 0 Å². The minimum absolute atomic E-state index is 0.0636. The molecule has 1 aromatic rings. The van der Waals surface area contributed by atoms with E-state index in [0.717, 1.165) is 25.9 Å². The molecule has 0 radical (unpaired) electrons. The molecule has 0 atom stereocenters. The van der Waals surface area contributed by atoms with Gasteiger partial charge in [-0.15, -0.1) is 0 Å². The predicted molar refractivity (Wildman–Crippen MR) is 87.0 cm³/mol. The summed E-state index contributed by atoms with van der Waals surface area (Å²) in [6.45, 7) is 8.39. The number of rotatable bonds is 5. The Morgan fingerprint density at radius 3 is 2.17 bits per heavy atom. The Morgan fingerprint density at radius 2 is 1.74 bits per heavy atom. The second-order valence-corrected chi connectivity index (χ2v) is 6.42. The quantitative estimate of drug-likeness (QED) is 0.885. The van der Waals surface area contributed by atoms with E-state index in [-0.39, 0.29) is 17.3 Å². The number of carbonyl (C=O) groups excluding carboxylic acids is 1. The molecule has 7 nitrogen and oxygen atoms in total. The monoisotopic (exact) mass is 322 g/mol. The molecule has 1 fully saturated rings. The average molecular weight is 322 g/mol. The lowest BCUT2D eigenvalue weighted by Crippen LogP contribution is -2.54. The van der Waals surface area contributed by atoms with Crippen LogP contribution < -0.4 is 14.8 Å². The number of nitrogens with zero attached hydrogens (tertiary/aromatic N) is 3. The summed E-state index contributed by atoms with van der Waals surface area (Å²) in [6, 6.07) is 2.07. The van der Waals surface area contributed by atoms with Crippen LogP contribution in [0.4, 0.5) is 0 Å². The van der Waals surface area contributed by atoms with E-state index in [2.05, 4.69) is 41.0 Å². The van der Waals surface area contributed by atoms with Crippen LogP contribution in [0.5, 0.6) is 11.8 Å². The fourth-order valence-corrected chi connectivity index (χ4v) is 2.70. The van der Waals surface area contributed by atoms with Crippen molar-refractivity contribution >= 4 is 5.91 Å². The molecule has 1 aliphatic heterocycles. The van der Waals surface area contributed by atoms with Crippen LogP contribution in [0.1, 0.15) is 44.2 Å². The first-order valence-electron chi connectivity index (χ1n) is 7.90. The van der Waals surface area contributed by atoms with Crippen molar-refractivity contribution in [3.8, 4) is 11.8 Å². The number of ether oxygens (including phenoxy) is 2. The summed E-state index contributed by atoms with van der Waals surface area (Å²) in [5.41, 5.74) is -0.248. The first-order chi connectivity index (χ1) is 10.9. The summed E-state index contributed by atoms with van der Waals surface area (Å²) in [7, 11) is 2.98. The topological polar surface area (TPSA) is 76.6 Å². The summed E-state index contributed by atoms with van der Waals surface area (Å²) < 4.78 is 10.2. The first kappa shape index (κ1) is 17.5. The number of hydrogen-bond acceptors (Lipinski definition) is 6. The van der Waals surface area contributed by atoms with E-state index in [1.165, 1.54) is 14.2 Å². The molecule has 1 saturated heterocycles. The number of amides is 1. The van der Waals surface area contributed by atoms with Gasteiger partial charge in [0.1, 0.15) is 0 Å². The molecule has 0 bridgehead atoms. The van der Waals surface area contributed by atoms with Crippen LogP contribution in [0.3, 0.4) is 0 Å². The number of aromatic nitrogens is 2. The van der Waals surface area contributed by atoms with Gasteiger partial charge in [-0.1, -0.05) is 0 Å². The number of likely N-dealkylation sites (tertiary alicyclic amines) is 1. The number of hydrogen-bond donors (Lipinski definition) is 1. The zero-order chi connectivity index (χ0) is 17.0. The van der Waals surface area contributed by atoms with Crippen molar-refractivity contribution < 1.29 is 14.3 Å². The molecule has 2 heterocycles. The maximum Gasteiger partial charge on any atom is 0.289 e. The van der Waals surface area contributed by atoms with Gasteiger partial charge in [-0.3, -0.25) is 4.79 Å². The number of piperidine rings is 1. The smallest absolute Gasteiger partial charge is 0.289 e. The maximum absolute atomic E-state index is 12.5. The van der Waals surface area contributed by atoms with Crippen LogP contribution in [0.25, 0.3) is 0 Å². The van der Waals surface area contributed by atoms with E-state index in [1.807, 2.05) is 0 Å². The number of methoxy groups -OCH3 is 2. The Balaban J connectivity index is 2.07. The fraction of sp³-hybridized carbons (Fsp3) is 0.688. The van der Waals surface area contributed by atoms with Gasteiger partial charge in [-0.2, -0.15) is 9.97 Å². The number of carbonyl (C=O) groups is 1. The molecule has 2 rings (SSSR count). The van der Waals surface area contributed by atoms with Gasteiger partial charge in [0.25, 0.3) is 5.91 Å². The van der Waals surface area contributed by atoms with Crippen LogP contribution in [-0.4, -0.2) is 59.7 Å². The zero-order valence-electron chi connectivity index (χ0n) is 14.5. The molecule has 1 aliphatic rings. The third-order valence-corrected chi connectivity index (χ3v) is 4.35. The van der Waals surface area contributed by atoms with Crippen molar-refractivity contribution in [2.24, 2.45) is 0 Å². The summed E-state index contributed by atoms with van der Waals surface area (Å²) in [5.74, 6) is 0.375. The van der Waals surface area contributed by atoms with Gasteiger partial charge in [0, 0.05) is 24.7 Å². The van der Waals surface area contributed by atoms with Gasteiger partial charge in [-0.05, 0) is 33.6 Å². The summed E-state index contributed by atoms with van der Waals surface area (Å²) in [6.07, 6.45) is 1.80. The standard InChI is InChI=1S/C16H26N4O3/c1-11(2)20-8-6-16(3,7-9-20)19-15(21)14-17-12(22-4)10-13(18-14)23-5/h10-11H,6-9H2,1-5H3,(H,19,21). The highest BCUT2D eigenvalue weighted by atomic mass is 16.5. The van der Waals surface area contributed by atoms with Gasteiger partial charge in [0.05, 0.1) is 20.3 Å². The molecule has 1 aromatic heterocycles. The second kappa shape index (κ2) is 7.12. The zero-order valence-corrected chi connectivity index (χ0v) is 14.5. The molecule has 1 amide bonds. The van der Waals surface area contributed by atoms with Gasteiger partial charge < -0.3 is 19.7 Å². The Morgan fingerprint density at radius 1 is 1.22 bits per heavy atom. The van der Waals surface area contributed by atoms with Crippen LogP contribution in [-0.2, 0) is 0 Å². The SMILES string of the molecule is COc1cc(OC)nc(C(=O)NC2(C)CCN(C(C)C)CC2)n1. The van der Waals surface area contributed by atoms with Gasteiger partial charge >= 0.3 is 0 Å². The van der Waals surface area contributed by atoms with E-state index >= 15 is 0 Å². The van der Waals surface area contributed by atoms with Gasteiger partial charge in [0.15, 0.2) is 0 Å². The van der Waals surface area contributed by atoms with E-state index in [1.54, 1.807) is 6.07 Å². The largest absolute Gasteiger partial charge is 0.481 e. The van der Waals surface area contributed by atoms with Crippen LogP contribution in [0.15, 0.2) is 6.07 Å². The van der Waals surface area contributed by atoms with Crippen molar-refractivity contribution in [2.75, 3.05) is 27.3 Å². The van der Waals surface area contributed by atoms with E-state index in [0.29, 0.717) is 17.8 Å². The average Bonchev–Trinajstić information content (AvgIpc) is 2.54. The van der Waals surface area contributed by atoms with Gasteiger partial charge in [-0.25, -0.2) is 0 Å². The fourth-order valence-electron chi connectivity index (χ4n) is 2.70. The summed E-state index contributed by atoms with van der Waals surface area (Å²) >= 11 is 0. The molecule has 0 aromatic carbocycles. The Kier molecular flexibility index (Phi) is 5.41. The van der Waals surface area contributed by atoms with E-state index in [9.17, 15) is 4.79 Å². The minimum atomic E-state index is -0.303. The molecular formula is C16H26N4O3. The van der Waals surface area contributed by atoms with Crippen LogP contribution in [0.2, 0.25) is 0 Å². The molecule has 1 N–H and O–H groups in total. The molecule has 0 saturated carbocycles. The molecular weight excluding hydrogens is 296 g/mol. The Bertz CT molecular complexity index is 532. The Labute approximate surface area is 137 Å². The lowest BCUT2D eigenvalue weighted by molar-refractivity contribution is 0.0790. The molecule has 7 heteroatoms. The van der Waals surface area contributed by atoms with Crippen molar-refractivity contribution in [2.45, 2.75) is 45.2 Å².